The average Bonchev–Trinajstić information content (AvgIpc) is 2.85. The first-order chi connectivity index (χ1) is 8.04. The lowest BCUT2D eigenvalue weighted by Crippen LogP contribution is -2.36. The number of aliphatic carboxylic acids is 1. The molecule has 0 aromatic carbocycles. The van der Waals surface area contributed by atoms with Crippen LogP contribution in [-0.2, 0) is 15.1 Å². The number of carboxylic acids is 1. The molecule has 6 nitrogen and oxygen atoms in total. The molecule has 7 heteroatoms. The maximum Gasteiger partial charge on any atom is 0.313 e. The van der Waals surface area contributed by atoms with Crippen LogP contribution >= 0.6 is 11.8 Å². The first-order valence-electron chi connectivity index (χ1n) is 5.41. The number of thioether (sulfide) groups is 1. The molecule has 17 heavy (non-hydrogen) atoms. The molecule has 0 amide bonds. The molecule has 94 valence electrons. The largest absolute Gasteiger partial charge is 0.481 e. The van der Waals surface area contributed by atoms with E-state index in [-0.39, 0.29) is 17.4 Å². The van der Waals surface area contributed by atoms with Crippen molar-refractivity contribution in [3.8, 4) is 0 Å². The highest BCUT2D eigenvalue weighted by Crippen LogP contribution is 2.35. The molecule has 2 atom stereocenters. The van der Waals surface area contributed by atoms with Crippen LogP contribution in [0.2, 0.25) is 0 Å². The van der Waals surface area contributed by atoms with Gasteiger partial charge in [-0.2, -0.15) is 0 Å². The van der Waals surface area contributed by atoms with Crippen molar-refractivity contribution >= 4 is 17.7 Å². The Morgan fingerprint density at radius 3 is 3.18 bits per heavy atom. The van der Waals surface area contributed by atoms with Crippen LogP contribution in [0.5, 0.6) is 0 Å². The van der Waals surface area contributed by atoms with Crippen LogP contribution in [0.3, 0.4) is 0 Å². The topological polar surface area (TPSA) is 77.2 Å². The highest BCUT2D eigenvalue weighted by Gasteiger charge is 2.40. The fourth-order valence-electron chi connectivity index (χ4n) is 1.94. The standard InChI is InChI=1S/C10H15N3O3S/c1-7-10(2,3-4-16-7)13-6-11-12-9(13)17-5-8(14)15/h6-7H,3-5H2,1-2H3,(H,14,15). The minimum Gasteiger partial charge on any atom is -0.481 e. The van der Waals surface area contributed by atoms with Gasteiger partial charge in [0.15, 0.2) is 5.16 Å². The number of nitrogens with zero attached hydrogens (tertiary/aromatic N) is 3. The maximum absolute atomic E-state index is 10.6. The van der Waals surface area contributed by atoms with Gasteiger partial charge >= 0.3 is 5.97 Å². The van der Waals surface area contributed by atoms with Gasteiger partial charge in [-0.1, -0.05) is 11.8 Å². The molecular weight excluding hydrogens is 242 g/mol. The summed E-state index contributed by atoms with van der Waals surface area (Å²) in [6.45, 7) is 4.80. The molecule has 0 aliphatic carbocycles. The predicted octanol–water partition coefficient (Wildman–Crippen LogP) is 0.979. The van der Waals surface area contributed by atoms with E-state index >= 15 is 0 Å². The molecule has 2 unspecified atom stereocenters. The van der Waals surface area contributed by atoms with E-state index in [0.717, 1.165) is 6.42 Å². The number of hydrogen-bond donors (Lipinski definition) is 1. The van der Waals surface area contributed by atoms with E-state index < -0.39 is 5.97 Å². The lowest BCUT2D eigenvalue weighted by atomic mass is 9.95. The van der Waals surface area contributed by atoms with Crippen molar-refractivity contribution in [1.82, 2.24) is 14.8 Å². The Balaban J connectivity index is 2.21. The Bertz CT molecular complexity index is 423. The summed E-state index contributed by atoms with van der Waals surface area (Å²) < 4.78 is 7.50. The Morgan fingerprint density at radius 1 is 1.82 bits per heavy atom. The number of carbonyl (C=O) groups is 1. The van der Waals surface area contributed by atoms with Crippen LogP contribution in [0, 0.1) is 0 Å². The van der Waals surface area contributed by atoms with Crippen molar-refractivity contribution in [2.75, 3.05) is 12.4 Å². The molecule has 0 radical (unpaired) electrons. The van der Waals surface area contributed by atoms with Crippen LogP contribution < -0.4 is 0 Å². The van der Waals surface area contributed by atoms with Crippen LogP contribution in [0.4, 0.5) is 0 Å². The first-order valence-corrected chi connectivity index (χ1v) is 6.39. The van der Waals surface area contributed by atoms with E-state index in [0.29, 0.717) is 11.8 Å². The monoisotopic (exact) mass is 257 g/mol. The molecule has 1 fully saturated rings. The van der Waals surface area contributed by atoms with Gasteiger partial charge in [-0.25, -0.2) is 0 Å². The van der Waals surface area contributed by atoms with Crippen LogP contribution in [-0.4, -0.2) is 44.3 Å². The number of ether oxygens (including phenoxy) is 1. The fourth-order valence-corrected chi connectivity index (χ4v) is 2.69. The van der Waals surface area contributed by atoms with Crippen LogP contribution in [0.15, 0.2) is 11.5 Å². The second kappa shape index (κ2) is 4.66. The number of hydrogen-bond acceptors (Lipinski definition) is 5. The Labute approximate surface area is 103 Å². The summed E-state index contributed by atoms with van der Waals surface area (Å²) in [5, 5.41) is 17.2. The van der Waals surface area contributed by atoms with E-state index in [1.807, 2.05) is 11.5 Å². The quantitative estimate of drug-likeness (QED) is 0.810. The Kier molecular flexibility index (Phi) is 3.39. The smallest absolute Gasteiger partial charge is 0.313 e. The molecule has 1 aromatic heterocycles. The lowest BCUT2D eigenvalue weighted by Gasteiger charge is -2.29. The summed E-state index contributed by atoms with van der Waals surface area (Å²) in [5.74, 6) is -0.866. The summed E-state index contributed by atoms with van der Waals surface area (Å²) in [6.07, 6.45) is 2.60. The second-order valence-corrected chi connectivity index (χ2v) is 5.23. The normalized spacial score (nSPS) is 28.5. The zero-order valence-corrected chi connectivity index (χ0v) is 10.6. The molecule has 2 rings (SSSR count). The molecule has 1 N–H and O–H groups in total. The third-order valence-corrected chi connectivity index (χ3v) is 4.17. The van der Waals surface area contributed by atoms with Crippen molar-refractivity contribution in [2.45, 2.75) is 37.1 Å². The highest BCUT2D eigenvalue weighted by molar-refractivity contribution is 7.99. The Hall–Kier alpha value is -1.08. The SMILES string of the molecule is CC1OCCC1(C)n1cnnc1SCC(=O)O. The average molecular weight is 257 g/mol. The minimum atomic E-state index is -0.856. The number of rotatable bonds is 4. The van der Waals surface area contributed by atoms with Gasteiger partial charge in [0.1, 0.15) is 6.33 Å². The van der Waals surface area contributed by atoms with Gasteiger partial charge in [-0.05, 0) is 20.3 Å². The Morgan fingerprint density at radius 2 is 2.59 bits per heavy atom. The third kappa shape index (κ3) is 2.30. The number of aromatic nitrogens is 3. The maximum atomic E-state index is 10.6. The minimum absolute atomic E-state index is 0.00991. The lowest BCUT2D eigenvalue weighted by molar-refractivity contribution is -0.133. The third-order valence-electron chi connectivity index (χ3n) is 3.24. The fraction of sp³-hybridized carbons (Fsp3) is 0.700. The molecule has 0 saturated carbocycles. The summed E-state index contributed by atoms with van der Waals surface area (Å²) in [4.78, 5) is 10.6. The van der Waals surface area contributed by atoms with Gasteiger partial charge in [-0.3, -0.25) is 9.36 Å². The zero-order chi connectivity index (χ0) is 12.5. The summed E-state index contributed by atoms with van der Waals surface area (Å²) >= 11 is 1.18. The van der Waals surface area contributed by atoms with Gasteiger partial charge in [0.05, 0.1) is 17.4 Å². The molecule has 0 spiro atoms. The van der Waals surface area contributed by atoms with Crippen molar-refractivity contribution in [2.24, 2.45) is 0 Å². The van der Waals surface area contributed by atoms with Crippen LogP contribution in [0.1, 0.15) is 20.3 Å². The molecular formula is C10H15N3O3S. The van der Waals surface area contributed by atoms with Crippen LogP contribution in [0.25, 0.3) is 0 Å². The van der Waals surface area contributed by atoms with Crippen molar-refractivity contribution < 1.29 is 14.6 Å². The van der Waals surface area contributed by atoms with Crippen molar-refractivity contribution in [3.63, 3.8) is 0 Å². The zero-order valence-electron chi connectivity index (χ0n) is 9.79. The first kappa shape index (κ1) is 12.4. The van der Waals surface area contributed by atoms with Gasteiger partial charge in [0.2, 0.25) is 0 Å². The van der Waals surface area contributed by atoms with Crippen molar-refractivity contribution in [1.29, 1.82) is 0 Å². The van der Waals surface area contributed by atoms with E-state index in [2.05, 4.69) is 17.1 Å². The molecule has 0 bridgehead atoms. The number of carboxylic acid groups (broad SMARTS) is 1. The molecule has 1 saturated heterocycles. The second-order valence-electron chi connectivity index (χ2n) is 4.29. The summed E-state index contributed by atoms with van der Waals surface area (Å²) in [7, 11) is 0. The summed E-state index contributed by atoms with van der Waals surface area (Å²) in [6, 6.07) is 0. The predicted molar refractivity (Wildman–Crippen MR) is 62.1 cm³/mol. The molecule has 1 aromatic rings. The van der Waals surface area contributed by atoms with Crippen molar-refractivity contribution in [3.05, 3.63) is 6.33 Å². The van der Waals surface area contributed by atoms with E-state index in [1.54, 1.807) is 6.33 Å². The van der Waals surface area contributed by atoms with E-state index in [4.69, 9.17) is 9.84 Å². The molecule has 2 heterocycles. The molecule has 1 aliphatic rings. The van der Waals surface area contributed by atoms with E-state index in [9.17, 15) is 4.79 Å². The molecule has 1 aliphatic heterocycles. The highest BCUT2D eigenvalue weighted by atomic mass is 32.2. The van der Waals surface area contributed by atoms with Gasteiger partial charge in [0, 0.05) is 6.61 Å². The van der Waals surface area contributed by atoms with Gasteiger partial charge in [-0.15, -0.1) is 10.2 Å². The van der Waals surface area contributed by atoms with E-state index in [1.165, 1.54) is 11.8 Å². The van der Waals surface area contributed by atoms with Gasteiger partial charge < -0.3 is 9.84 Å². The summed E-state index contributed by atoms with van der Waals surface area (Å²) in [5.41, 5.74) is -0.190. The van der Waals surface area contributed by atoms with Gasteiger partial charge in [0.25, 0.3) is 0 Å².